The molecule has 0 aromatic carbocycles. The van der Waals surface area contributed by atoms with Gasteiger partial charge in [0, 0.05) is 6.61 Å². The Bertz CT molecular complexity index is 88.5. The Morgan fingerprint density at radius 1 is 1.62 bits per heavy atom. The molecule has 0 amide bonds. The molecule has 0 radical (unpaired) electrons. The van der Waals surface area contributed by atoms with Crippen molar-refractivity contribution < 1.29 is 9.84 Å². The normalized spacial score (nSPS) is 32.6. The predicted molar refractivity (Wildman–Crippen MR) is 30.7 cm³/mol. The van der Waals surface area contributed by atoms with Gasteiger partial charge in [0.2, 0.25) is 0 Å². The molecule has 1 saturated heterocycles. The molecular weight excluding hydrogens is 104 g/mol. The van der Waals surface area contributed by atoms with Gasteiger partial charge in [-0.1, -0.05) is 0 Å². The van der Waals surface area contributed by atoms with Crippen molar-refractivity contribution in [3.63, 3.8) is 0 Å². The minimum atomic E-state index is 0.0583. The number of hydrogen-bond acceptors (Lipinski definition) is 2. The van der Waals surface area contributed by atoms with Gasteiger partial charge in [0.05, 0.1) is 11.7 Å². The quantitative estimate of drug-likeness (QED) is 0.534. The van der Waals surface area contributed by atoms with Gasteiger partial charge in [-0.25, -0.2) is 0 Å². The van der Waals surface area contributed by atoms with E-state index in [0.29, 0.717) is 6.10 Å². The lowest BCUT2D eigenvalue weighted by Crippen LogP contribution is -2.03. The van der Waals surface area contributed by atoms with Crippen LogP contribution >= 0.6 is 0 Å². The van der Waals surface area contributed by atoms with E-state index in [1.54, 1.807) is 0 Å². The molecule has 2 heteroatoms. The summed E-state index contributed by atoms with van der Waals surface area (Å²) in [7, 11) is 0. The fraction of sp³-hybridized carbons (Fsp3) is 1.00. The van der Waals surface area contributed by atoms with Crippen LogP contribution in [0.2, 0.25) is 0 Å². The van der Waals surface area contributed by atoms with E-state index in [9.17, 15) is 0 Å². The maximum absolute atomic E-state index is 8.43. The minimum Gasteiger partial charge on any atom is -0.396 e. The Morgan fingerprint density at radius 3 is 2.25 bits per heavy atom. The van der Waals surface area contributed by atoms with Crippen molar-refractivity contribution in [2.24, 2.45) is 0 Å². The van der Waals surface area contributed by atoms with E-state index in [0.717, 1.165) is 6.42 Å². The molecule has 1 atom stereocenters. The molecule has 48 valence electrons. The van der Waals surface area contributed by atoms with Gasteiger partial charge in [0.15, 0.2) is 0 Å². The SMILES string of the molecule is CC1(C)O[C@@H]1CCO. The van der Waals surface area contributed by atoms with E-state index in [1.165, 1.54) is 0 Å². The van der Waals surface area contributed by atoms with Crippen LogP contribution in [0.4, 0.5) is 0 Å². The summed E-state index contributed by atoms with van der Waals surface area (Å²) in [6.07, 6.45) is 1.10. The summed E-state index contributed by atoms with van der Waals surface area (Å²) >= 11 is 0. The van der Waals surface area contributed by atoms with Crippen LogP contribution in [0, 0.1) is 0 Å². The monoisotopic (exact) mass is 116 g/mol. The van der Waals surface area contributed by atoms with Gasteiger partial charge in [-0.15, -0.1) is 0 Å². The summed E-state index contributed by atoms with van der Waals surface area (Å²) in [6.45, 7) is 4.31. The van der Waals surface area contributed by atoms with Crippen molar-refractivity contribution in [2.75, 3.05) is 6.61 Å². The minimum absolute atomic E-state index is 0.0583. The molecule has 0 aliphatic carbocycles. The molecule has 0 aromatic heterocycles. The summed E-state index contributed by atoms with van der Waals surface area (Å²) < 4.78 is 5.18. The van der Waals surface area contributed by atoms with Crippen molar-refractivity contribution in [3.8, 4) is 0 Å². The number of epoxide rings is 1. The van der Waals surface area contributed by atoms with Crippen molar-refractivity contribution >= 4 is 0 Å². The number of rotatable bonds is 2. The van der Waals surface area contributed by atoms with E-state index in [1.807, 2.05) is 13.8 Å². The van der Waals surface area contributed by atoms with Crippen LogP contribution in [-0.4, -0.2) is 23.4 Å². The van der Waals surface area contributed by atoms with Gasteiger partial charge in [-0.3, -0.25) is 0 Å². The molecule has 1 heterocycles. The third-order valence-corrected chi connectivity index (χ3v) is 1.56. The molecule has 0 saturated carbocycles. The number of aliphatic hydroxyl groups is 1. The predicted octanol–water partition coefficient (Wildman–Crippen LogP) is 0.546. The number of aliphatic hydroxyl groups excluding tert-OH is 1. The Hall–Kier alpha value is -0.0800. The maximum Gasteiger partial charge on any atom is 0.0893 e. The highest BCUT2D eigenvalue weighted by molar-refractivity contribution is 4.94. The average molecular weight is 116 g/mol. The van der Waals surface area contributed by atoms with Crippen LogP contribution in [0.25, 0.3) is 0 Å². The van der Waals surface area contributed by atoms with Gasteiger partial charge < -0.3 is 9.84 Å². The molecule has 1 aliphatic rings. The van der Waals surface area contributed by atoms with Crippen molar-refractivity contribution in [2.45, 2.75) is 32.0 Å². The maximum atomic E-state index is 8.43. The molecule has 1 fully saturated rings. The van der Waals surface area contributed by atoms with E-state index < -0.39 is 0 Å². The molecule has 1 rings (SSSR count). The van der Waals surface area contributed by atoms with Crippen LogP contribution < -0.4 is 0 Å². The zero-order chi connectivity index (χ0) is 6.20. The fourth-order valence-corrected chi connectivity index (χ4v) is 0.856. The summed E-state index contributed by atoms with van der Waals surface area (Å²) in [4.78, 5) is 0. The first-order valence-electron chi connectivity index (χ1n) is 2.95. The van der Waals surface area contributed by atoms with Crippen LogP contribution in [0.1, 0.15) is 20.3 Å². The summed E-state index contributed by atoms with van der Waals surface area (Å²) in [5.41, 5.74) is 0.0583. The first kappa shape index (κ1) is 6.05. The Labute approximate surface area is 49.5 Å². The van der Waals surface area contributed by atoms with Crippen molar-refractivity contribution in [1.82, 2.24) is 0 Å². The first-order chi connectivity index (χ1) is 3.67. The van der Waals surface area contributed by atoms with Gasteiger partial charge in [0.1, 0.15) is 0 Å². The van der Waals surface area contributed by atoms with Gasteiger partial charge in [0.25, 0.3) is 0 Å². The van der Waals surface area contributed by atoms with Crippen molar-refractivity contribution in [1.29, 1.82) is 0 Å². The van der Waals surface area contributed by atoms with Crippen molar-refractivity contribution in [3.05, 3.63) is 0 Å². The number of ether oxygens (including phenoxy) is 1. The summed E-state index contributed by atoms with van der Waals surface area (Å²) in [5, 5.41) is 8.43. The lowest BCUT2D eigenvalue weighted by atomic mass is 10.1. The van der Waals surface area contributed by atoms with Crippen LogP contribution in [0.5, 0.6) is 0 Å². The second-order valence-corrected chi connectivity index (χ2v) is 2.72. The highest BCUT2D eigenvalue weighted by Crippen LogP contribution is 2.36. The van der Waals surface area contributed by atoms with Crippen LogP contribution in [0.3, 0.4) is 0 Å². The lowest BCUT2D eigenvalue weighted by Gasteiger charge is -1.90. The van der Waals surface area contributed by atoms with Crippen LogP contribution in [0.15, 0.2) is 0 Å². The second-order valence-electron chi connectivity index (χ2n) is 2.72. The Balaban J connectivity index is 2.17. The molecular formula is C6H12O2. The zero-order valence-corrected chi connectivity index (χ0v) is 5.35. The smallest absolute Gasteiger partial charge is 0.0893 e. The lowest BCUT2D eigenvalue weighted by molar-refractivity contribution is 0.259. The molecule has 8 heavy (non-hydrogen) atoms. The van der Waals surface area contributed by atoms with E-state index in [-0.39, 0.29) is 12.2 Å². The van der Waals surface area contributed by atoms with E-state index >= 15 is 0 Å². The Morgan fingerprint density at radius 2 is 2.12 bits per heavy atom. The topological polar surface area (TPSA) is 32.8 Å². The van der Waals surface area contributed by atoms with Crippen LogP contribution in [-0.2, 0) is 4.74 Å². The second kappa shape index (κ2) is 1.71. The average Bonchev–Trinajstić information content (AvgIpc) is 2.15. The third-order valence-electron chi connectivity index (χ3n) is 1.56. The molecule has 2 nitrogen and oxygen atoms in total. The molecule has 1 aliphatic heterocycles. The highest BCUT2D eigenvalue weighted by atomic mass is 16.6. The van der Waals surface area contributed by atoms with Gasteiger partial charge in [-0.2, -0.15) is 0 Å². The summed E-state index contributed by atoms with van der Waals surface area (Å²) in [5.74, 6) is 0. The molecule has 0 spiro atoms. The Kier molecular flexibility index (Phi) is 1.29. The first-order valence-corrected chi connectivity index (χ1v) is 2.95. The fourth-order valence-electron chi connectivity index (χ4n) is 0.856. The van der Waals surface area contributed by atoms with E-state index in [4.69, 9.17) is 9.84 Å². The zero-order valence-electron chi connectivity index (χ0n) is 5.35. The number of hydrogen-bond donors (Lipinski definition) is 1. The molecule has 1 N–H and O–H groups in total. The summed E-state index contributed by atoms with van der Waals surface area (Å²) in [6, 6.07) is 0. The molecule has 0 aromatic rings. The van der Waals surface area contributed by atoms with Gasteiger partial charge >= 0.3 is 0 Å². The molecule has 0 bridgehead atoms. The largest absolute Gasteiger partial charge is 0.396 e. The third kappa shape index (κ3) is 1.01. The van der Waals surface area contributed by atoms with E-state index in [2.05, 4.69) is 0 Å². The van der Waals surface area contributed by atoms with Gasteiger partial charge in [-0.05, 0) is 20.3 Å². The highest BCUT2D eigenvalue weighted by Gasteiger charge is 2.46. The molecule has 0 unspecified atom stereocenters. The standard InChI is InChI=1S/C6H12O2/c1-6(2)5(8-6)3-4-7/h5,7H,3-4H2,1-2H3/t5-/m1/s1.